The summed E-state index contributed by atoms with van der Waals surface area (Å²) in [6, 6.07) is 14.2. The zero-order valence-corrected chi connectivity index (χ0v) is 14.8. The number of carbonyl (C=O) groups is 2. The summed E-state index contributed by atoms with van der Waals surface area (Å²) in [5.41, 5.74) is 2.16. The molecule has 0 bridgehead atoms. The second kappa shape index (κ2) is 7.84. The molecule has 3 rings (SSSR count). The van der Waals surface area contributed by atoms with Gasteiger partial charge < -0.3 is 15.2 Å². The maximum Gasteiger partial charge on any atom is 0.256 e. The lowest BCUT2D eigenvalue weighted by Crippen LogP contribution is -2.12. The summed E-state index contributed by atoms with van der Waals surface area (Å²) in [6.07, 6.45) is 3.40. The van der Waals surface area contributed by atoms with Crippen molar-refractivity contribution in [1.82, 2.24) is 9.55 Å². The summed E-state index contributed by atoms with van der Waals surface area (Å²) in [4.78, 5) is 27.5. The van der Waals surface area contributed by atoms with Crippen molar-refractivity contribution >= 4 is 34.9 Å². The Hall–Kier alpha value is -3.12. The molecule has 3 aromatic rings. The molecule has 2 amide bonds. The van der Waals surface area contributed by atoms with Crippen molar-refractivity contribution in [3.63, 3.8) is 0 Å². The molecule has 2 aromatic carbocycles. The summed E-state index contributed by atoms with van der Waals surface area (Å²) < 4.78 is 1.86. The normalized spacial score (nSPS) is 10.4. The fraction of sp³-hybridized carbons (Fsp3) is 0.105. The number of hydrogen-bond donors (Lipinski definition) is 2. The third-order valence-electron chi connectivity index (χ3n) is 3.60. The first-order valence-corrected chi connectivity index (χ1v) is 8.32. The first-order chi connectivity index (χ1) is 12.5. The van der Waals surface area contributed by atoms with Crippen LogP contribution in [0.5, 0.6) is 0 Å². The Bertz CT molecular complexity index is 935. The van der Waals surface area contributed by atoms with Crippen molar-refractivity contribution in [2.24, 2.45) is 0 Å². The van der Waals surface area contributed by atoms with Crippen LogP contribution in [-0.2, 0) is 11.3 Å². The van der Waals surface area contributed by atoms with E-state index in [2.05, 4.69) is 15.6 Å². The Labute approximate surface area is 155 Å². The largest absolute Gasteiger partial charge is 0.331 e. The van der Waals surface area contributed by atoms with E-state index < -0.39 is 0 Å². The quantitative estimate of drug-likeness (QED) is 0.719. The molecule has 0 saturated carbocycles. The number of rotatable bonds is 5. The Kier molecular flexibility index (Phi) is 5.34. The lowest BCUT2D eigenvalue weighted by Gasteiger charge is -2.05. The maximum atomic E-state index is 12.3. The Morgan fingerprint density at radius 3 is 2.58 bits per heavy atom. The van der Waals surface area contributed by atoms with E-state index in [4.69, 9.17) is 11.6 Å². The third-order valence-corrected chi connectivity index (χ3v) is 3.83. The predicted octanol–water partition coefficient (Wildman–Crippen LogP) is 3.80. The molecular formula is C19H17ClN4O2. The van der Waals surface area contributed by atoms with E-state index in [0.29, 0.717) is 28.6 Å². The highest BCUT2D eigenvalue weighted by Crippen LogP contribution is 2.14. The minimum absolute atomic E-state index is 0.160. The molecule has 0 aliphatic carbocycles. The van der Waals surface area contributed by atoms with E-state index in [0.717, 1.165) is 5.56 Å². The second-order valence-corrected chi connectivity index (χ2v) is 6.21. The van der Waals surface area contributed by atoms with Crippen molar-refractivity contribution in [2.45, 2.75) is 13.5 Å². The van der Waals surface area contributed by atoms with Crippen molar-refractivity contribution < 1.29 is 9.59 Å². The van der Waals surface area contributed by atoms with Gasteiger partial charge in [0.25, 0.3) is 5.91 Å². The van der Waals surface area contributed by atoms with Crippen LogP contribution in [-0.4, -0.2) is 21.4 Å². The van der Waals surface area contributed by atoms with Gasteiger partial charge in [0.05, 0.1) is 6.33 Å². The lowest BCUT2D eigenvalue weighted by atomic mass is 10.2. The molecule has 0 radical (unpaired) electrons. The van der Waals surface area contributed by atoms with Crippen LogP contribution < -0.4 is 10.6 Å². The molecule has 7 heteroatoms. The van der Waals surface area contributed by atoms with Gasteiger partial charge in [0, 0.05) is 35.9 Å². The predicted molar refractivity (Wildman–Crippen MR) is 101 cm³/mol. The molecule has 0 fully saturated rings. The van der Waals surface area contributed by atoms with Gasteiger partial charge in [-0.15, -0.1) is 0 Å². The average Bonchev–Trinajstić information content (AvgIpc) is 3.02. The summed E-state index contributed by atoms with van der Waals surface area (Å²) in [7, 11) is 0. The Morgan fingerprint density at radius 2 is 1.88 bits per heavy atom. The van der Waals surface area contributed by atoms with Crippen LogP contribution in [0.25, 0.3) is 0 Å². The minimum Gasteiger partial charge on any atom is -0.331 e. The van der Waals surface area contributed by atoms with Gasteiger partial charge in [-0.25, -0.2) is 4.98 Å². The second-order valence-electron chi connectivity index (χ2n) is 5.77. The fourth-order valence-electron chi connectivity index (χ4n) is 2.45. The van der Waals surface area contributed by atoms with Crippen LogP contribution in [0, 0.1) is 0 Å². The molecular weight excluding hydrogens is 352 g/mol. The molecule has 6 nitrogen and oxygen atoms in total. The highest BCUT2D eigenvalue weighted by molar-refractivity contribution is 6.30. The van der Waals surface area contributed by atoms with Gasteiger partial charge in [0.2, 0.25) is 5.91 Å². The molecule has 2 N–H and O–H groups in total. The van der Waals surface area contributed by atoms with Crippen molar-refractivity contribution in [1.29, 1.82) is 0 Å². The van der Waals surface area contributed by atoms with Crippen LogP contribution in [0.15, 0.2) is 61.1 Å². The standard InChI is InChI=1S/C19H17ClN4O2/c1-13(25)22-17-7-5-15(6-8-17)19(26)23-18-11-24(12-21-18)10-14-3-2-4-16(20)9-14/h2-9,11-12H,10H2,1H3,(H,22,25)(H,23,26). The van der Waals surface area contributed by atoms with Gasteiger partial charge in [-0.3, -0.25) is 9.59 Å². The van der Waals surface area contributed by atoms with Crippen molar-refractivity contribution in [3.8, 4) is 0 Å². The molecule has 0 unspecified atom stereocenters. The molecule has 0 atom stereocenters. The number of imidazole rings is 1. The van der Waals surface area contributed by atoms with Gasteiger partial charge in [0.15, 0.2) is 5.82 Å². The van der Waals surface area contributed by atoms with Crippen LogP contribution in [0.2, 0.25) is 5.02 Å². The number of amides is 2. The molecule has 26 heavy (non-hydrogen) atoms. The highest BCUT2D eigenvalue weighted by Gasteiger charge is 2.08. The van der Waals surface area contributed by atoms with E-state index >= 15 is 0 Å². The van der Waals surface area contributed by atoms with Gasteiger partial charge in [-0.2, -0.15) is 0 Å². The van der Waals surface area contributed by atoms with Gasteiger partial charge >= 0.3 is 0 Å². The highest BCUT2D eigenvalue weighted by atomic mass is 35.5. The first-order valence-electron chi connectivity index (χ1n) is 7.95. The molecule has 0 aliphatic rings. The zero-order valence-electron chi connectivity index (χ0n) is 14.1. The van der Waals surface area contributed by atoms with Gasteiger partial charge in [0.1, 0.15) is 0 Å². The number of aromatic nitrogens is 2. The van der Waals surface area contributed by atoms with Crippen molar-refractivity contribution in [2.75, 3.05) is 10.6 Å². The van der Waals surface area contributed by atoms with E-state index in [9.17, 15) is 9.59 Å². The maximum absolute atomic E-state index is 12.3. The fourth-order valence-corrected chi connectivity index (χ4v) is 2.67. The molecule has 0 spiro atoms. The molecule has 132 valence electrons. The number of nitrogens with zero attached hydrogens (tertiary/aromatic N) is 2. The SMILES string of the molecule is CC(=O)Nc1ccc(C(=O)Nc2cn(Cc3cccc(Cl)c3)cn2)cc1. The van der Waals surface area contributed by atoms with Gasteiger partial charge in [-0.05, 0) is 42.0 Å². The van der Waals surface area contributed by atoms with E-state index in [1.807, 2.05) is 28.8 Å². The number of benzene rings is 2. The van der Waals surface area contributed by atoms with E-state index in [1.165, 1.54) is 6.92 Å². The minimum atomic E-state index is -0.271. The summed E-state index contributed by atoms with van der Waals surface area (Å²) >= 11 is 5.99. The number of carbonyl (C=O) groups excluding carboxylic acids is 2. The van der Waals surface area contributed by atoms with Crippen molar-refractivity contribution in [3.05, 3.63) is 77.2 Å². The number of hydrogen-bond acceptors (Lipinski definition) is 3. The Balaban J connectivity index is 1.63. The monoisotopic (exact) mass is 368 g/mol. The van der Waals surface area contributed by atoms with Crippen LogP contribution in [0.3, 0.4) is 0 Å². The van der Waals surface area contributed by atoms with E-state index in [1.54, 1.807) is 36.8 Å². The zero-order chi connectivity index (χ0) is 18.5. The number of nitrogens with one attached hydrogen (secondary N) is 2. The number of anilines is 2. The smallest absolute Gasteiger partial charge is 0.256 e. The molecule has 0 saturated heterocycles. The van der Waals surface area contributed by atoms with Gasteiger partial charge in [-0.1, -0.05) is 23.7 Å². The molecule has 0 aliphatic heterocycles. The average molecular weight is 369 g/mol. The topological polar surface area (TPSA) is 76.0 Å². The van der Waals surface area contributed by atoms with Crippen LogP contribution in [0.4, 0.5) is 11.5 Å². The third kappa shape index (κ3) is 4.70. The molecule has 1 heterocycles. The van der Waals surface area contributed by atoms with Crippen LogP contribution >= 0.6 is 11.6 Å². The number of halogens is 1. The van der Waals surface area contributed by atoms with Crippen LogP contribution in [0.1, 0.15) is 22.8 Å². The Morgan fingerprint density at radius 1 is 1.12 bits per heavy atom. The lowest BCUT2D eigenvalue weighted by molar-refractivity contribution is -0.114. The van der Waals surface area contributed by atoms with E-state index in [-0.39, 0.29) is 11.8 Å². The summed E-state index contributed by atoms with van der Waals surface area (Å²) in [5.74, 6) is 0.0304. The summed E-state index contributed by atoms with van der Waals surface area (Å²) in [6.45, 7) is 2.04. The first kappa shape index (κ1) is 17.7. The molecule has 1 aromatic heterocycles. The summed E-state index contributed by atoms with van der Waals surface area (Å²) in [5, 5.41) is 6.09.